The Morgan fingerprint density at radius 1 is 1.24 bits per heavy atom. The van der Waals surface area contributed by atoms with E-state index in [1.165, 1.54) is 24.8 Å². The summed E-state index contributed by atoms with van der Waals surface area (Å²) in [5, 5.41) is 0. The van der Waals surface area contributed by atoms with Gasteiger partial charge in [0.15, 0.2) is 0 Å². The maximum atomic E-state index is 11.3. The van der Waals surface area contributed by atoms with Gasteiger partial charge < -0.3 is 4.90 Å². The van der Waals surface area contributed by atoms with Gasteiger partial charge in [-0.1, -0.05) is 30.3 Å². The maximum Gasteiger partial charge on any atom is 0.283 e. The lowest BCUT2D eigenvalue weighted by Gasteiger charge is -2.31. The number of carbonyl (C=O) groups excluding carboxylic acids is 1. The molecule has 2 fully saturated rings. The second kappa shape index (κ2) is 4.26. The van der Waals surface area contributed by atoms with E-state index in [0.717, 1.165) is 19.0 Å². The number of likely N-dealkylation sites (tertiary alicyclic amines) is 1. The van der Waals surface area contributed by atoms with Gasteiger partial charge in [-0.05, 0) is 36.2 Å². The number of rotatable bonds is 1. The van der Waals surface area contributed by atoms with Crippen LogP contribution in [0, 0.1) is 5.41 Å². The Balaban J connectivity index is 1.67. The molecule has 1 aliphatic carbocycles. The van der Waals surface area contributed by atoms with Crippen molar-refractivity contribution in [2.24, 2.45) is 5.41 Å². The molecule has 17 heavy (non-hydrogen) atoms. The maximum absolute atomic E-state index is 11.3. The summed E-state index contributed by atoms with van der Waals surface area (Å²) >= 11 is 1.90. The van der Waals surface area contributed by atoms with Crippen LogP contribution in [0.25, 0.3) is 0 Å². The molecule has 1 amide bonds. The summed E-state index contributed by atoms with van der Waals surface area (Å²) in [6.07, 6.45) is 3.68. The number of piperidine rings is 1. The highest BCUT2D eigenvalue weighted by Gasteiger charge is 2.55. The van der Waals surface area contributed by atoms with Crippen molar-refractivity contribution in [3.63, 3.8) is 0 Å². The van der Waals surface area contributed by atoms with Gasteiger partial charge in [-0.15, -0.1) is 0 Å². The molecule has 1 saturated heterocycles. The monoisotopic (exact) mass is 341 g/mol. The average Bonchev–Trinajstić information content (AvgIpc) is 3.05. The van der Waals surface area contributed by atoms with E-state index in [4.69, 9.17) is 0 Å². The second-order valence-electron chi connectivity index (χ2n) is 5.27. The third-order valence-corrected chi connectivity index (χ3v) is 5.08. The quantitative estimate of drug-likeness (QED) is 0.432. The molecule has 1 heterocycles. The summed E-state index contributed by atoms with van der Waals surface area (Å²) in [6.45, 7) is 1.90. The first-order valence-corrected chi connectivity index (χ1v) is 7.28. The molecule has 0 bridgehead atoms. The zero-order valence-electron chi connectivity index (χ0n) is 9.73. The van der Waals surface area contributed by atoms with Crippen LogP contribution in [0.1, 0.15) is 30.7 Å². The minimum Gasteiger partial charge on any atom is -0.334 e. The molecule has 1 atom stereocenters. The Kier molecular flexibility index (Phi) is 2.89. The van der Waals surface area contributed by atoms with Crippen molar-refractivity contribution in [1.82, 2.24) is 4.90 Å². The molecule has 3 heteroatoms. The molecule has 3 rings (SSSR count). The molecule has 0 aromatic heterocycles. The van der Waals surface area contributed by atoms with Crippen LogP contribution < -0.4 is 0 Å². The first-order chi connectivity index (χ1) is 8.21. The first kappa shape index (κ1) is 11.5. The van der Waals surface area contributed by atoms with E-state index in [1.54, 1.807) is 0 Å². The van der Waals surface area contributed by atoms with Crippen LogP contribution in [0.5, 0.6) is 0 Å². The van der Waals surface area contributed by atoms with E-state index in [9.17, 15) is 4.79 Å². The number of nitrogens with zero attached hydrogens (tertiary/aromatic N) is 1. The number of benzene rings is 1. The van der Waals surface area contributed by atoms with Gasteiger partial charge in [-0.2, -0.15) is 0 Å². The van der Waals surface area contributed by atoms with Crippen molar-refractivity contribution in [1.29, 1.82) is 0 Å². The number of halogens is 1. The third kappa shape index (κ3) is 2.09. The van der Waals surface area contributed by atoms with Crippen LogP contribution in [0.4, 0.5) is 4.79 Å². The van der Waals surface area contributed by atoms with E-state index >= 15 is 0 Å². The largest absolute Gasteiger partial charge is 0.334 e. The van der Waals surface area contributed by atoms with Crippen LogP contribution in [-0.2, 0) is 0 Å². The van der Waals surface area contributed by atoms with Crippen molar-refractivity contribution < 1.29 is 4.79 Å². The molecular weight excluding hydrogens is 325 g/mol. The lowest BCUT2D eigenvalue weighted by atomic mass is 9.89. The van der Waals surface area contributed by atoms with Crippen LogP contribution in [0.15, 0.2) is 30.3 Å². The Morgan fingerprint density at radius 3 is 2.47 bits per heavy atom. The standard InChI is InChI=1S/C14H16INO/c15-13(17)16-8-6-14(7-9-16)10-12(14)11-4-2-1-3-5-11/h1-5,12H,6-10H2. The normalized spacial score (nSPS) is 25.9. The highest BCUT2D eigenvalue weighted by Crippen LogP contribution is 2.64. The van der Waals surface area contributed by atoms with Crippen LogP contribution in [-0.4, -0.2) is 21.9 Å². The zero-order valence-corrected chi connectivity index (χ0v) is 11.9. The molecule has 1 aromatic rings. The van der Waals surface area contributed by atoms with Gasteiger partial charge in [0.05, 0.1) is 0 Å². The summed E-state index contributed by atoms with van der Waals surface area (Å²) in [4.78, 5) is 13.3. The zero-order chi connectivity index (χ0) is 11.9. The minimum absolute atomic E-state index is 0.203. The number of carbonyl (C=O) groups is 1. The van der Waals surface area contributed by atoms with Crippen LogP contribution >= 0.6 is 22.6 Å². The fraction of sp³-hybridized carbons (Fsp3) is 0.500. The number of hydrogen-bond acceptors (Lipinski definition) is 1. The van der Waals surface area contributed by atoms with E-state index < -0.39 is 0 Å². The van der Waals surface area contributed by atoms with Crippen molar-refractivity contribution in [3.05, 3.63) is 35.9 Å². The van der Waals surface area contributed by atoms with Gasteiger partial charge >= 0.3 is 0 Å². The van der Waals surface area contributed by atoms with Crippen molar-refractivity contribution in [2.75, 3.05) is 13.1 Å². The molecule has 1 aromatic carbocycles. The highest BCUT2D eigenvalue weighted by atomic mass is 127. The SMILES string of the molecule is O=C(I)N1CCC2(CC1)CC2c1ccccc1. The van der Waals surface area contributed by atoms with Crippen LogP contribution in [0.2, 0.25) is 0 Å². The summed E-state index contributed by atoms with van der Waals surface area (Å²) in [5.41, 5.74) is 2.01. The molecule has 1 saturated carbocycles. The predicted octanol–water partition coefficient (Wildman–Crippen LogP) is 3.81. The Hall–Kier alpha value is -0.580. The fourth-order valence-electron chi connectivity index (χ4n) is 3.18. The van der Waals surface area contributed by atoms with E-state index in [-0.39, 0.29) is 3.91 Å². The lowest BCUT2D eigenvalue weighted by molar-refractivity contribution is 0.186. The molecule has 0 N–H and O–H groups in total. The molecule has 1 spiro atoms. The molecule has 90 valence electrons. The average molecular weight is 341 g/mol. The Bertz CT molecular complexity index is 423. The van der Waals surface area contributed by atoms with Gasteiger partial charge in [0, 0.05) is 35.7 Å². The van der Waals surface area contributed by atoms with E-state index in [1.807, 2.05) is 27.5 Å². The molecule has 2 nitrogen and oxygen atoms in total. The summed E-state index contributed by atoms with van der Waals surface area (Å²) in [5.74, 6) is 0.746. The van der Waals surface area contributed by atoms with Gasteiger partial charge in [0.2, 0.25) is 0 Å². The Morgan fingerprint density at radius 2 is 1.88 bits per heavy atom. The van der Waals surface area contributed by atoms with Gasteiger partial charge in [0.25, 0.3) is 3.91 Å². The molecule has 1 aliphatic heterocycles. The van der Waals surface area contributed by atoms with Crippen molar-refractivity contribution >= 4 is 26.5 Å². The molecule has 0 radical (unpaired) electrons. The fourth-order valence-corrected chi connectivity index (χ4v) is 3.67. The van der Waals surface area contributed by atoms with Crippen molar-refractivity contribution in [2.45, 2.75) is 25.2 Å². The van der Waals surface area contributed by atoms with E-state index in [0.29, 0.717) is 5.41 Å². The first-order valence-electron chi connectivity index (χ1n) is 6.21. The smallest absolute Gasteiger partial charge is 0.283 e. The molecular formula is C14H16INO. The molecule has 1 unspecified atom stereocenters. The highest BCUT2D eigenvalue weighted by molar-refractivity contribution is 14.1. The lowest BCUT2D eigenvalue weighted by Crippen LogP contribution is -2.36. The van der Waals surface area contributed by atoms with Gasteiger partial charge in [-0.25, -0.2) is 0 Å². The third-order valence-electron chi connectivity index (χ3n) is 4.40. The number of amides is 1. The predicted molar refractivity (Wildman–Crippen MR) is 76.5 cm³/mol. The topological polar surface area (TPSA) is 20.3 Å². The van der Waals surface area contributed by atoms with E-state index in [2.05, 4.69) is 30.3 Å². The summed E-state index contributed by atoms with van der Waals surface area (Å²) in [6, 6.07) is 10.8. The second-order valence-corrected chi connectivity index (χ2v) is 6.19. The molecule has 2 aliphatic rings. The van der Waals surface area contributed by atoms with Gasteiger partial charge in [-0.3, -0.25) is 4.79 Å². The summed E-state index contributed by atoms with van der Waals surface area (Å²) in [7, 11) is 0. The Labute approximate surface area is 116 Å². The van der Waals surface area contributed by atoms with Crippen LogP contribution in [0.3, 0.4) is 0 Å². The number of hydrogen-bond donors (Lipinski definition) is 0. The van der Waals surface area contributed by atoms with Gasteiger partial charge in [0.1, 0.15) is 0 Å². The summed E-state index contributed by atoms with van der Waals surface area (Å²) < 4.78 is 0.203. The van der Waals surface area contributed by atoms with Crippen molar-refractivity contribution in [3.8, 4) is 0 Å². The minimum atomic E-state index is 0.203.